The molecule has 1 amide bonds. The highest BCUT2D eigenvalue weighted by atomic mass is 16.5. The second-order valence-corrected chi connectivity index (χ2v) is 7.25. The summed E-state index contributed by atoms with van der Waals surface area (Å²) in [5, 5.41) is 13.2. The quantitative estimate of drug-likeness (QED) is 0.599. The fourth-order valence-electron chi connectivity index (χ4n) is 3.49. The molecular weight excluding hydrogens is 402 g/mol. The Labute approximate surface area is 178 Å². The highest BCUT2D eigenvalue weighted by molar-refractivity contribution is 5.88. The molecule has 0 aliphatic carbocycles. The molecule has 0 radical (unpaired) electrons. The van der Waals surface area contributed by atoms with Gasteiger partial charge in [0.1, 0.15) is 34.5 Å². The molecule has 162 valence electrons. The third-order valence-corrected chi connectivity index (χ3v) is 5.15. The van der Waals surface area contributed by atoms with Gasteiger partial charge in [0.15, 0.2) is 6.61 Å². The van der Waals surface area contributed by atoms with Crippen LogP contribution < -0.4 is 20.2 Å². The van der Waals surface area contributed by atoms with Crippen molar-refractivity contribution in [3.63, 3.8) is 0 Å². The number of carbonyl (C=O) groups is 1. The van der Waals surface area contributed by atoms with Gasteiger partial charge in [0, 0.05) is 25.3 Å². The molecule has 1 fully saturated rings. The van der Waals surface area contributed by atoms with Crippen LogP contribution in [0.1, 0.15) is 12.8 Å². The Hall–Kier alpha value is -3.52. The van der Waals surface area contributed by atoms with E-state index in [0.29, 0.717) is 23.4 Å². The number of fused-ring (bicyclic) bond motifs is 1. The van der Waals surface area contributed by atoms with E-state index in [1.807, 2.05) is 0 Å². The minimum Gasteiger partial charge on any atom is -0.507 e. The van der Waals surface area contributed by atoms with Crippen molar-refractivity contribution in [2.45, 2.75) is 18.9 Å². The molecule has 2 heterocycles. The highest BCUT2D eigenvalue weighted by Crippen LogP contribution is 2.30. The third kappa shape index (κ3) is 4.64. The summed E-state index contributed by atoms with van der Waals surface area (Å²) >= 11 is 0. The van der Waals surface area contributed by atoms with Gasteiger partial charge in [-0.05, 0) is 30.5 Å². The topological polar surface area (TPSA) is 107 Å². The van der Waals surface area contributed by atoms with Crippen molar-refractivity contribution in [3.8, 4) is 28.4 Å². The summed E-state index contributed by atoms with van der Waals surface area (Å²) in [7, 11) is 1.56. The van der Waals surface area contributed by atoms with E-state index in [-0.39, 0.29) is 46.5 Å². The Morgan fingerprint density at radius 2 is 2.03 bits per heavy atom. The third-order valence-electron chi connectivity index (χ3n) is 5.15. The van der Waals surface area contributed by atoms with Gasteiger partial charge in [0.25, 0.3) is 5.91 Å². The lowest BCUT2D eigenvalue weighted by atomic mass is 10.0. The van der Waals surface area contributed by atoms with E-state index >= 15 is 0 Å². The maximum Gasteiger partial charge on any atom is 0.258 e. The van der Waals surface area contributed by atoms with Crippen LogP contribution in [-0.4, -0.2) is 44.0 Å². The van der Waals surface area contributed by atoms with Crippen LogP contribution in [0.15, 0.2) is 51.9 Å². The summed E-state index contributed by atoms with van der Waals surface area (Å²) in [6.07, 6.45) is 3.31. The predicted molar refractivity (Wildman–Crippen MR) is 114 cm³/mol. The zero-order valence-corrected chi connectivity index (χ0v) is 17.1. The van der Waals surface area contributed by atoms with Gasteiger partial charge in [-0.1, -0.05) is 12.1 Å². The number of carbonyl (C=O) groups excluding carboxylic acids is 1. The number of hydrogen-bond donors (Lipinski definition) is 2. The van der Waals surface area contributed by atoms with Crippen LogP contribution in [0.3, 0.4) is 0 Å². The van der Waals surface area contributed by atoms with Gasteiger partial charge >= 0.3 is 0 Å². The number of hydrogen-bond acceptors (Lipinski definition) is 7. The van der Waals surface area contributed by atoms with Crippen LogP contribution in [0.5, 0.6) is 17.2 Å². The molecule has 31 heavy (non-hydrogen) atoms. The molecule has 1 aliphatic heterocycles. The number of amides is 1. The van der Waals surface area contributed by atoms with Gasteiger partial charge in [-0.3, -0.25) is 9.59 Å². The smallest absolute Gasteiger partial charge is 0.258 e. The van der Waals surface area contributed by atoms with Crippen LogP contribution in [-0.2, 0) is 9.53 Å². The number of aromatic hydroxyl groups is 1. The molecule has 0 spiro atoms. The largest absolute Gasteiger partial charge is 0.507 e. The molecule has 2 N–H and O–H groups in total. The predicted octanol–water partition coefficient (Wildman–Crippen LogP) is 2.85. The first-order chi connectivity index (χ1) is 15.0. The minimum atomic E-state index is -0.371. The first-order valence-electron chi connectivity index (χ1n) is 9.99. The van der Waals surface area contributed by atoms with Crippen molar-refractivity contribution in [1.82, 2.24) is 5.32 Å². The van der Waals surface area contributed by atoms with Gasteiger partial charge in [0.2, 0.25) is 5.43 Å². The number of rotatable bonds is 7. The molecule has 2 aromatic carbocycles. The molecule has 0 saturated carbocycles. The lowest BCUT2D eigenvalue weighted by Gasteiger charge is -2.12. The van der Waals surface area contributed by atoms with Crippen molar-refractivity contribution in [3.05, 3.63) is 52.9 Å². The number of phenolic OH excluding ortho intramolecular Hbond substituents is 1. The normalized spacial score (nSPS) is 15.7. The number of benzene rings is 2. The first kappa shape index (κ1) is 20.7. The lowest BCUT2D eigenvalue weighted by Crippen LogP contribution is -2.35. The maximum atomic E-state index is 12.9. The standard InChI is InChI=1S/C23H23NO7/c1-28-15-6-4-14(5-7-15)18-12-31-20-10-17(9-19(25)22(20)23(18)27)30-13-21(26)24-11-16-3-2-8-29-16/h4-7,9-10,12,16,25H,2-3,8,11,13H2,1H3,(H,24,26). The van der Waals surface area contributed by atoms with Crippen LogP contribution in [0, 0.1) is 0 Å². The van der Waals surface area contributed by atoms with E-state index in [1.54, 1.807) is 31.4 Å². The molecular formula is C23H23NO7. The number of phenols is 1. The molecule has 4 rings (SSSR count). The summed E-state index contributed by atoms with van der Waals surface area (Å²) in [5.41, 5.74) is 0.744. The number of nitrogens with one attached hydrogen (secondary N) is 1. The van der Waals surface area contributed by atoms with Crippen LogP contribution in [0.25, 0.3) is 22.1 Å². The molecule has 1 aliphatic rings. The second kappa shape index (κ2) is 9.09. The van der Waals surface area contributed by atoms with Crippen LogP contribution >= 0.6 is 0 Å². The maximum absolute atomic E-state index is 12.9. The van der Waals surface area contributed by atoms with Crippen LogP contribution in [0.2, 0.25) is 0 Å². The van der Waals surface area contributed by atoms with E-state index in [9.17, 15) is 14.7 Å². The monoisotopic (exact) mass is 425 g/mol. The van der Waals surface area contributed by atoms with Crippen LogP contribution in [0.4, 0.5) is 0 Å². The van der Waals surface area contributed by atoms with Crippen molar-refractivity contribution in [2.75, 3.05) is 26.9 Å². The molecule has 0 bridgehead atoms. The lowest BCUT2D eigenvalue weighted by molar-refractivity contribution is -0.123. The Bertz CT molecular complexity index is 1130. The number of ether oxygens (including phenoxy) is 3. The van der Waals surface area contributed by atoms with Crippen molar-refractivity contribution < 1.29 is 28.5 Å². The Kier molecular flexibility index (Phi) is 6.08. The Balaban J connectivity index is 1.49. The van der Waals surface area contributed by atoms with E-state index in [2.05, 4.69) is 5.32 Å². The number of methoxy groups -OCH3 is 1. The summed E-state index contributed by atoms with van der Waals surface area (Å²) < 4.78 is 21.6. The van der Waals surface area contributed by atoms with Gasteiger partial charge < -0.3 is 29.1 Å². The summed E-state index contributed by atoms with van der Waals surface area (Å²) in [6.45, 7) is 0.929. The Morgan fingerprint density at radius 1 is 1.23 bits per heavy atom. The zero-order chi connectivity index (χ0) is 21.8. The molecule has 3 aromatic rings. The van der Waals surface area contributed by atoms with E-state index in [0.717, 1.165) is 19.4 Å². The van der Waals surface area contributed by atoms with Crippen molar-refractivity contribution in [1.29, 1.82) is 0 Å². The molecule has 1 atom stereocenters. The molecule has 8 heteroatoms. The van der Waals surface area contributed by atoms with Crippen molar-refractivity contribution in [2.24, 2.45) is 0 Å². The summed E-state index contributed by atoms with van der Waals surface area (Å²) in [5.74, 6) is 0.304. The average Bonchev–Trinajstić information content (AvgIpc) is 3.30. The van der Waals surface area contributed by atoms with Gasteiger partial charge in [-0.25, -0.2) is 0 Å². The average molecular weight is 425 g/mol. The van der Waals surface area contributed by atoms with Gasteiger partial charge in [-0.2, -0.15) is 0 Å². The first-order valence-corrected chi connectivity index (χ1v) is 9.99. The zero-order valence-electron chi connectivity index (χ0n) is 17.1. The highest BCUT2D eigenvalue weighted by Gasteiger charge is 2.17. The van der Waals surface area contributed by atoms with Crippen molar-refractivity contribution >= 4 is 16.9 Å². The SMILES string of the molecule is COc1ccc(-c2coc3cc(OCC(=O)NCC4CCCO4)cc(O)c3c2=O)cc1. The minimum absolute atomic E-state index is 0.0443. The van der Waals surface area contributed by atoms with E-state index in [4.69, 9.17) is 18.6 Å². The fourth-order valence-corrected chi connectivity index (χ4v) is 3.49. The molecule has 1 aromatic heterocycles. The van der Waals surface area contributed by atoms with E-state index < -0.39 is 0 Å². The molecule has 1 saturated heterocycles. The fraction of sp³-hybridized carbons (Fsp3) is 0.304. The Morgan fingerprint density at radius 3 is 2.74 bits per heavy atom. The summed E-state index contributed by atoms with van der Waals surface area (Å²) in [6, 6.07) is 9.71. The summed E-state index contributed by atoms with van der Waals surface area (Å²) in [4.78, 5) is 24.9. The molecule has 1 unspecified atom stereocenters. The van der Waals surface area contributed by atoms with Gasteiger partial charge in [0.05, 0.1) is 18.8 Å². The van der Waals surface area contributed by atoms with E-state index in [1.165, 1.54) is 18.4 Å². The molecule has 8 nitrogen and oxygen atoms in total. The second-order valence-electron chi connectivity index (χ2n) is 7.25. The van der Waals surface area contributed by atoms with Gasteiger partial charge in [-0.15, -0.1) is 0 Å².